The Labute approximate surface area is 81.9 Å². The molecule has 0 radical (unpaired) electrons. The molecule has 6 heteroatoms. The minimum atomic E-state index is 0.171. The van der Waals surface area contributed by atoms with E-state index in [2.05, 4.69) is 15.6 Å². The smallest absolute Gasteiger partial charge is 0.224 e. The third kappa shape index (κ3) is 1.55. The van der Waals surface area contributed by atoms with Gasteiger partial charge in [-0.3, -0.25) is 4.79 Å². The Hall–Kier alpha value is -1.59. The van der Waals surface area contributed by atoms with Crippen molar-refractivity contribution in [2.24, 2.45) is 7.05 Å². The summed E-state index contributed by atoms with van der Waals surface area (Å²) in [6, 6.07) is 0.171. The molecule has 1 N–H and O–H groups in total. The van der Waals surface area contributed by atoms with Crippen molar-refractivity contribution in [1.82, 2.24) is 19.9 Å². The fourth-order valence-electron chi connectivity index (χ4n) is 1.59. The summed E-state index contributed by atoms with van der Waals surface area (Å²) in [5.74, 6) is 1.02. The highest BCUT2D eigenvalue weighted by atomic mass is 16.2. The summed E-state index contributed by atoms with van der Waals surface area (Å²) in [5, 5.41) is 10.8. The summed E-state index contributed by atoms with van der Waals surface area (Å²) in [6.07, 6.45) is 2.20. The van der Waals surface area contributed by atoms with Crippen LogP contribution in [0.2, 0.25) is 0 Å². The van der Waals surface area contributed by atoms with Gasteiger partial charge in [0.2, 0.25) is 5.91 Å². The number of anilines is 1. The molecule has 0 bridgehead atoms. The Bertz CT molecular complexity index is 347. The number of aromatic nitrogens is 3. The highest BCUT2D eigenvalue weighted by Gasteiger charge is 2.26. The quantitative estimate of drug-likeness (QED) is 0.688. The lowest BCUT2D eigenvalue weighted by Gasteiger charge is -2.12. The predicted molar refractivity (Wildman–Crippen MR) is 50.7 cm³/mol. The van der Waals surface area contributed by atoms with Crippen LogP contribution in [0, 0.1) is 0 Å². The average Bonchev–Trinajstić information content (AvgIpc) is 2.63. The van der Waals surface area contributed by atoms with Crippen molar-refractivity contribution in [3.63, 3.8) is 0 Å². The van der Waals surface area contributed by atoms with Gasteiger partial charge in [0, 0.05) is 27.1 Å². The SMILES string of the molecule is CN1CC(Nc2cnnn2C)CC1=O. The molecule has 0 spiro atoms. The zero-order chi connectivity index (χ0) is 10.1. The Morgan fingerprint density at radius 1 is 1.57 bits per heavy atom. The molecule has 76 valence electrons. The molecule has 1 unspecified atom stereocenters. The number of likely N-dealkylation sites (N-methyl/N-ethyl adjacent to an activating group) is 1. The van der Waals surface area contributed by atoms with Gasteiger partial charge in [-0.05, 0) is 0 Å². The number of rotatable bonds is 2. The molecule has 1 aliphatic heterocycles. The van der Waals surface area contributed by atoms with Crippen LogP contribution in [0.15, 0.2) is 6.20 Å². The molecule has 1 saturated heterocycles. The molecule has 1 fully saturated rings. The van der Waals surface area contributed by atoms with Gasteiger partial charge in [0.25, 0.3) is 0 Å². The molecule has 1 atom stereocenters. The molecule has 14 heavy (non-hydrogen) atoms. The third-order valence-electron chi connectivity index (χ3n) is 2.41. The van der Waals surface area contributed by atoms with E-state index in [4.69, 9.17) is 0 Å². The van der Waals surface area contributed by atoms with Gasteiger partial charge in [-0.25, -0.2) is 4.68 Å². The second-order valence-electron chi connectivity index (χ2n) is 3.56. The summed E-state index contributed by atoms with van der Waals surface area (Å²) >= 11 is 0. The second kappa shape index (κ2) is 3.28. The van der Waals surface area contributed by atoms with Crippen LogP contribution >= 0.6 is 0 Å². The van der Waals surface area contributed by atoms with E-state index < -0.39 is 0 Å². The molecular formula is C8H13N5O. The first-order valence-corrected chi connectivity index (χ1v) is 4.52. The largest absolute Gasteiger partial charge is 0.364 e. The molecule has 2 rings (SSSR count). The number of aryl methyl sites for hydroxylation is 1. The van der Waals surface area contributed by atoms with Gasteiger partial charge in [0.05, 0.1) is 12.2 Å². The van der Waals surface area contributed by atoms with E-state index in [9.17, 15) is 4.79 Å². The lowest BCUT2D eigenvalue weighted by molar-refractivity contribution is -0.126. The van der Waals surface area contributed by atoms with Gasteiger partial charge in [0.15, 0.2) is 0 Å². The Balaban J connectivity index is 2.00. The minimum absolute atomic E-state index is 0.171. The molecule has 1 aromatic heterocycles. The maximum atomic E-state index is 11.2. The molecule has 0 saturated carbocycles. The van der Waals surface area contributed by atoms with Crippen molar-refractivity contribution in [2.75, 3.05) is 18.9 Å². The van der Waals surface area contributed by atoms with Crippen molar-refractivity contribution in [3.05, 3.63) is 6.20 Å². The van der Waals surface area contributed by atoms with Gasteiger partial charge >= 0.3 is 0 Å². The molecule has 6 nitrogen and oxygen atoms in total. The molecule has 0 aromatic carbocycles. The van der Waals surface area contributed by atoms with Gasteiger partial charge < -0.3 is 10.2 Å². The molecule has 1 aromatic rings. The third-order valence-corrected chi connectivity index (χ3v) is 2.41. The second-order valence-corrected chi connectivity index (χ2v) is 3.56. The van der Waals surface area contributed by atoms with Crippen LogP contribution < -0.4 is 5.32 Å². The van der Waals surface area contributed by atoms with Crippen LogP contribution in [-0.4, -0.2) is 45.4 Å². The number of carbonyl (C=O) groups is 1. The van der Waals surface area contributed by atoms with Gasteiger partial charge in [-0.15, -0.1) is 5.10 Å². The van der Waals surface area contributed by atoms with E-state index >= 15 is 0 Å². The average molecular weight is 195 g/mol. The molecule has 0 aliphatic carbocycles. The molecule has 1 amide bonds. The van der Waals surface area contributed by atoms with E-state index in [0.29, 0.717) is 6.42 Å². The predicted octanol–water partition coefficient (Wildman–Crippen LogP) is -0.542. The maximum Gasteiger partial charge on any atom is 0.224 e. The first-order valence-electron chi connectivity index (χ1n) is 4.52. The summed E-state index contributed by atoms with van der Waals surface area (Å²) in [5.41, 5.74) is 0. The minimum Gasteiger partial charge on any atom is -0.364 e. The lowest BCUT2D eigenvalue weighted by Crippen LogP contribution is -2.25. The van der Waals surface area contributed by atoms with Crippen LogP contribution in [0.5, 0.6) is 0 Å². The normalized spacial score (nSPS) is 21.7. The number of carbonyl (C=O) groups excluding carboxylic acids is 1. The first-order chi connectivity index (χ1) is 6.66. The number of amides is 1. The summed E-state index contributed by atoms with van der Waals surface area (Å²) < 4.78 is 1.66. The van der Waals surface area contributed by atoms with E-state index in [0.717, 1.165) is 12.4 Å². The fraction of sp³-hybridized carbons (Fsp3) is 0.625. The molecule has 2 heterocycles. The topological polar surface area (TPSA) is 63.0 Å². The molecule has 1 aliphatic rings. The van der Waals surface area contributed by atoms with E-state index in [1.807, 2.05) is 14.1 Å². The Morgan fingerprint density at radius 2 is 2.36 bits per heavy atom. The van der Waals surface area contributed by atoms with Crippen LogP contribution in [0.25, 0.3) is 0 Å². The van der Waals surface area contributed by atoms with Gasteiger partial charge in [-0.2, -0.15) is 0 Å². The number of likely N-dealkylation sites (tertiary alicyclic amines) is 1. The van der Waals surface area contributed by atoms with E-state index in [-0.39, 0.29) is 11.9 Å². The van der Waals surface area contributed by atoms with Crippen molar-refractivity contribution < 1.29 is 4.79 Å². The summed E-state index contributed by atoms with van der Waals surface area (Å²) in [4.78, 5) is 13.0. The van der Waals surface area contributed by atoms with Crippen LogP contribution in [0.3, 0.4) is 0 Å². The Morgan fingerprint density at radius 3 is 2.86 bits per heavy atom. The van der Waals surface area contributed by atoms with E-state index in [1.165, 1.54) is 0 Å². The number of nitrogens with zero attached hydrogens (tertiary/aromatic N) is 4. The van der Waals surface area contributed by atoms with Crippen molar-refractivity contribution in [2.45, 2.75) is 12.5 Å². The lowest BCUT2D eigenvalue weighted by atomic mass is 10.2. The van der Waals surface area contributed by atoms with Gasteiger partial charge in [0.1, 0.15) is 5.82 Å². The van der Waals surface area contributed by atoms with Crippen molar-refractivity contribution in [1.29, 1.82) is 0 Å². The highest BCUT2D eigenvalue weighted by molar-refractivity contribution is 5.79. The monoisotopic (exact) mass is 195 g/mol. The number of hydrogen-bond donors (Lipinski definition) is 1. The van der Waals surface area contributed by atoms with Crippen molar-refractivity contribution in [3.8, 4) is 0 Å². The van der Waals surface area contributed by atoms with Crippen LogP contribution in [0.1, 0.15) is 6.42 Å². The Kier molecular flexibility index (Phi) is 2.11. The van der Waals surface area contributed by atoms with Crippen LogP contribution in [0.4, 0.5) is 5.82 Å². The highest BCUT2D eigenvalue weighted by Crippen LogP contribution is 2.13. The van der Waals surface area contributed by atoms with Gasteiger partial charge in [-0.1, -0.05) is 5.21 Å². The molecular weight excluding hydrogens is 182 g/mol. The van der Waals surface area contributed by atoms with E-state index in [1.54, 1.807) is 15.8 Å². The number of hydrogen-bond acceptors (Lipinski definition) is 4. The first kappa shape index (κ1) is 8.98. The maximum absolute atomic E-state index is 11.2. The standard InChI is InChI=1S/C8H13N5O/c1-12-5-6(3-8(12)14)10-7-4-9-11-13(7)2/h4,6,10H,3,5H2,1-2H3. The zero-order valence-corrected chi connectivity index (χ0v) is 8.27. The van der Waals surface area contributed by atoms with Crippen molar-refractivity contribution >= 4 is 11.7 Å². The summed E-state index contributed by atoms with van der Waals surface area (Å²) in [6.45, 7) is 0.740. The zero-order valence-electron chi connectivity index (χ0n) is 8.27. The number of nitrogens with one attached hydrogen (secondary N) is 1. The summed E-state index contributed by atoms with van der Waals surface area (Å²) in [7, 11) is 3.63. The fourth-order valence-corrected chi connectivity index (χ4v) is 1.59. The van der Waals surface area contributed by atoms with Crippen LogP contribution in [-0.2, 0) is 11.8 Å².